The molecule has 0 bridgehead atoms. The molecule has 0 spiro atoms. The fourth-order valence-electron chi connectivity index (χ4n) is 3.70. The van der Waals surface area contributed by atoms with Gasteiger partial charge in [0, 0.05) is 24.7 Å². The highest BCUT2D eigenvalue weighted by atomic mass is 35.5. The standard InChI is InChI=1S/C22H18Cl2F4N2O3S2/c1-30-7-6-14(11-30)33-19-9-13(3-4-16(19)22(26,27)28)29-35(31,32)21-15(10-20(24)34-21)12-2-5-18(25)17(23)8-12/h2-5,8-10,14,29H,6-7,11H2,1H3/t14-/m1/s1. The zero-order chi connectivity index (χ0) is 25.5. The summed E-state index contributed by atoms with van der Waals surface area (Å²) in [5, 5.41) is -0.205. The Morgan fingerprint density at radius 1 is 1.14 bits per heavy atom. The number of ether oxygens (including phenoxy) is 1. The lowest BCUT2D eigenvalue weighted by Crippen LogP contribution is -2.23. The van der Waals surface area contributed by atoms with Gasteiger partial charge in [0.2, 0.25) is 0 Å². The molecule has 2 heterocycles. The van der Waals surface area contributed by atoms with Crippen molar-refractivity contribution in [3.63, 3.8) is 0 Å². The minimum atomic E-state index is -4.69. The molecule has 4 rings (SSSR count). The van der Waals surface area contributed by atoms with E-state index in [0.29, 0.717) is 25.1 Å². The second kappa shape index (κ2) is 9.78. The molecule has 188 valence electrons. The molecule has 1 aromatic heterocycles. The number of anilines is 1. The maximum atomic E-state index is 13.6. The second-order valence-corrected chi connectivity index (χ2v) is 12.0. The Hall–Kier alpha value is -2.05. The van der Waals surface area contributed by atoms with E-state index in [4.69, 9.17) is 27.9 Å². The van der Waals surface area contributed by atoms with Crippen LogP contribution < -0.4 is 9.46 Å². The van der Waals surface area contributed by atoms with Gasteiger partial charge >= 0.3 is 6.18 Å². The van der Waals surface area contributed by atoms with Crippen molar-refractivity contribution in [2.75, 3.05) is 24.9 Å². The summed E-state index contributed by atoms with van der Waals surface area (Å²) in [4.78, 5) is 1.92. The lowest BCUT2D eigenvalue weighted by molar-refractivity contribution is -0.139. The Morgan fingerprint density at radius 2 is 1.89 bits per heavy atom. The first kappa shape index (κ1) is 26.0. The molecular formula is C22H18Cl2F4N2O3S2. The molecule has 1 N–H and O–H groups in total. The van der Waals surface area contributed by atoms with E-state index >= 15 is 0 Å². The molecule has 0 radical (unpaired) electrons. The number of sulfonamides is 1. The smallest absolute Gasteiger partial charge is 0.419 e. The summed E-state index contributed by atoms with van der Waals surface area (Å²) in [5.41, 5.74) is -0.642. The van der Waals surface area contributed by atoms with Gasteiger partial charge in [-0.2, -0.15) is 13.2 Å². The highest BCUT2D eigenvalue weighted by Gasteiger charge is 2.36. The first-order valence-corrected chi connectivity index (χ1v) is 13.2. The van der Waals surface area contributed by atoms with Gasteiger partial charge in [0.05, 0.1) is 20.6 Å². The third-order valence-corrected chi connectivity index (χ3v) is 8.79. The van der Waals surface area contributed by atoms with Crippen LogP contribution in [0.4, 0.5) is 23.2 Å². The fraction of sp³-hybridized carbons (Fsp3) is 0.273. The quantitative estimate of drug-likeness (QED) is 0.333. The van der Waals surface area contributed by atoms with E-state index in [1.807, 2.05) is 11.9 Å². The van der Waals surface area contributed by atoms with Crippen LogP contribution in [-0.4, -0.2) is 39.6 Å². The van der Waals surface area contributed by atoms with E-state index in [0.717, 1.165) is 35.6 Å². The van der Waals surface area contributed by atoms with Crippen molar-refractivity contribution in [3.8, 4) is 16.9 Å². The molecule has 3 aromatic rings. The second-order valence-electron chi connectivity index (χ2n) is 7.99. The predicted octanol–water partition coefficient (Wildman–Crippen LogP) is 6.76. The van der Waals surface area contributed by atoms with Crippen molar-refractivity contribution in [1.29, 1.82) is 0 Å². The first-order valence-electron chi connectivity index (χ1n) is 10.2. The van der Waals surface area contributed by atoms with Crippen LogP contribution in [0.2, 0.25) is 9.36 Å². The third kappa shape index (κ3) is 5.86. The summed E-state index contributed by atoms with van der Waals surface area (Å²) >= 11 is 12.6. The van der Waals surface area contributed by atoms with E-state index in [-0.39, 0.29) is 24.8 Å². The van der Waals surface area contributed by atoms with Gasteiger partial charge in [-0.1, -0.05) is 29.3 Å². The number of halogens is 6. The molecule has 1 atom stereocenters. The molecule has 0 unspecified atom stereocenters. The van der Waals surface area contributed by atoms with Gasteiger partial charge in [-0.15, -0.1) is 11.3 Å². The number of thiophene rings is 1. The molecule has 0 amide bonds. The number of alkyl halides is 3. The van der Waals surface area contributed by atoms with Gasteiger partial charge in [0.15, 0.2) is 0 Å². The Labute approximate surface area is 213 Å². The van der Waals surface area contributed by atoms with E-state index in [1.54, 1.807) is 0 Å². The molecule has 1 fully saturated rings. The molecule has 13 heteroatoms. The Morgan fingerprint density at radius 3 is 2.51 bits per heavy atom. The van der Waals surface area contributed by atoms with Crippen molar-refractivity contribution < 1.29 is 30.7 Å². The Bertz CT molecular complexity index is 1360. The van der Waals surface area contributed by atoms with E-state index in [9.17, 15) is 26.0 Å². The minimum absolute atomic E-state index is 0.119. The van der Waals surface area contributed by atoms with Crippen molar-refractivity contribution in [2.24, 2.45) is 0 Å². The van der Waals surface area contributed by atoms with Gasteiger partial charge in [0.1, 0.15) is 21.9 Å². The van der Waals surface area contributed by atoms with Gasteiger partial charge in [-0.05, 0) is 49.4 Å². The predicted molar refractivity (Wildman–Crippen MR) is 129 cm³/mol. The largest absolute Gasteiger partial charge is 0.488 e. The van der Waals surface area contributed by atoms with Gasteiger partial charge < -0.3 is 9.64 Å². The summed E-state index contributed by atoms with van der Waals surface area (Å²) in [7, 11) is -2.46. The number of likely N-dealkylation sites (tertiary alicyclic amines) is 1. The van der Waals surface area contributed by atoms with Crippen LogP contribution >= 0.6 is 34.5 Å². The van der Waals surface area contributed by atoms with Crippen LogP contribution in [0.3, 0.4) is 0 Å². The van der Waals surface area contributed by atoms with Crippen molar-refractivity contribution in [1.82, 2.24) is 4.90 Å². The molecule has 2 aromatic carbocycles. The highest BCUT2D eigenvalue weighted by molar-refractivity contribution is 7.94. The van der Waals surface area contributed by atoms with Gasteiger partial charge in [-0.3, -0.25) is 4.72 Å². The molecule has 5 nitrogen and oxygen atoms in total. The summed E-state index contributed by atoms with van der Waals surface area (Å²) in [6.45, 7) is 1.12. The zero-order valence-electron chi connectivity index (χ0n) is 18.0. The number of rotatable bonds is 6. The summed E-state index contributed by atoms with van der Waals surface area (Å²) in [5.74, 6) is -1.14. The topological polar surface area (TPSA) is 58.6 Å². The SMILES string of the molecule is CN1CC[C@@H](Oc2cc(NS(=O)(=O)c3sc(Cl)cc3-c3ccc(F)c(Cl)c3)ccc2C(F)(F)F)C1. The van der Waals surface area contributed by atoms with Gasteiger partial charge in [0.25, 0.3) is 10.0 Å². The lowest BCUT2D eigenvalue weighted by atomic mass is 10.1. The van der Waals surface area contributed by atoms with Crippen molar-refractivity contribution >= 4 is 50.2 Å². The average molecular weight is 569 g/mol. The average Bonchev–Trinajstić information content (AvgIpc) is 3.35. The lowest BCUT2D eigenvalue weighted by Gasteiger charge is -2.19. The molecule has 35 heavy (non-hydrogen) atoms. The summed E-state index contributed by atoms with van der Waals surface area (Å²) < 4.78 is 88.5. The van der Waals surface area contributed by atoms with Crippen LogP contribution in [0.5, 0.6) is 5.75 Å². The zero-order valence-corrected chi connectivity index (χ0v) is 21.1. The fourth-order valence-corrected chi connectivity index (χ4v) is 6.83. The Balaban J connectivity index is 1.68. The number of benzene rings is 2. The first-order chi connectivity index (χ1) is 16.3. The molecular weight excluding hydrogens is 551 g/mol. The number of nitrogens with zero attached hydrogens (tertiary/aromatic N) is 1. The maximum Gasteiger partial charge on any atom is 0.419 e. The van der Waals surface area contributed by atoms with Crippen LogP contribution in [0.15, 0.2) is 46.7 Å². The van der Waals surface area contributed by atoms with E-state index in [1.165, 1.54) is 18.2 Å². The summed E-state index contributed by atoms with van der Waals surface area (Å²) in [6.07, 6.45) is -4.60. The molecule has 0 aliphatic carbocycles. The number of nitrogens with one attached hydrogen (secondary N) is 1. The van der Waals surface area contributed by atoms with E-state index in [2.05, 4.69) is 4.72 Å². The van der Waals surface area contributed by atoms with Crippen LogP contribution in [0.25, 0.3) is 11.1 Å². The van der Waals surface area contributed by atoms with Crippen LogP contribution in [0.1, 0.15) is 12.0 Å². The monoisotopic (exact) mass is 568 g/mol. The summed E-state index contributed by atoms with van der Waals surface area (Å²) in [6, 6.07) is 7.89. The normalized spacial score (nSPS) is 17.1. The minimum Gasteiger partial charge on any atom is -0.488 e. The van der Waals surface area contributed by atoms with Crippen LogP contribution in [-0.2, 0) is 16.2 Å². The molecule has 0 saturated carbocycles. The number of hydrogen-bond donors (Lipinski definition) is 1. The van der Waals surface area contributed by atoms with Crippen LogP contribution in [0, 0.1) is 5.82 Å². The van der Waals surface area contributed by atoms with Crippen molar-refractivity contribution in [2.45, 2.75) is 22.9 Å². The highest BCUT2D eigenvalue weighted by Crippen LogP contribution is 2.41. The molecule has 1 aliphatic heterocycles. The van der Waals surface area contributed by atoms with Crippen molar-refractivity contribution in [3.05, 3.63) is 63.2 Å². The van der Waals surface area contributed by atoms with E-state index < -0.39 is 39.4 Å². The van der Waals surface area contributed by atoms with Gasteiger partial charge in [-0.25, -0.2) is 12.8 Å². The maximum absolute atomic E-state index is 13.6. The number of hydrogen-bond acceptors (Lipinski definition) is 5. The Kier molecular flexibility index (Phi) is 7.27. The number of likely N-dealkylation sites (N-methyl/N-ethyl adjacent to an activating group) is 1. The molecule has 1 aliphatic rings. The molecule has 1 saturated heterocycles. The third-order valence-electron chi connectivity index (χ3n) is 5.32.